The van der Waals surface area contributed by atoms with E-state index < -0.39 is 10.0 Å². The average molecular weight is 397 g/mol. The molecule has 1 amide bonds. The van der Waals surface area contributed by atoms with Gasteiger partial charge in [-0.3, -0.25) is 4.79 Å². The van der Waals surface area contributed by atoms with Gasteiger partial charge in [0.15, 0.2) is 0 Å². The summed E-state index contributed by atoms with van der Waals surface area (Å²) in [6, 6.07) is 5.92. The lowest BCUT2D eigenvalue weighted by Crippen LogP contribution is -2.29. The summed E-state index contributed by atoms with van der Waals surface area (Å²) in [5.74, 6) is 0.378. The normalized spacial score (nSPS) is 11.8. The highest BCUT2D eigenvalue weighted by Gasteiger charge is 2.21. The number of hydrogen-bond acceptors (Lipinski definition) is 5. The van der Waals surface area contributed by atoms with Crippen molar-refractivity contribution in [2.45, 2.75) is 25.3 Å². The molecule has 1 aromatic heterocycles. The van der Waals surface area contributed by atoms with E-state index in [0.717, 1.165) is 4.31 Å². The number of sulfonamides is 1. The number of halogens is 1. The maximum absolute atomic E-state index is 12.5. The van der Waals surface area contributed by atoms with Gasteiger partial charge in [-0.25, -0.2) is 18.4 Å². The van der Waals surface area contributed by atoms with E-state index >= 15 is 0 Å². The molecule has 0 aliphatic carbocycles. The van der Waals surface area contributed by atoms with E-state index in [9.17, 15) is 13.2 Å². The second kappa shape index (κ2) is 8.57. The first-order valence-corrected chi connectivity index (χ1v) is 9.83. The summed E-state index contributed by atoms with van der Waals surface area (Å²) in [4.78, 5) is 20.3. The van der Waals surface area contributed by atoms with Crippen LogP contribution in [0.25, 0.3) is 0 Å². The van der Waals surface area contributed by atoms with E-state index in [4.69, 9.17) is 11.6 Å². The van der Waals surface area contributed by atoms with Crippen molar-refractivity contribution in [1.82, 2.24) is 19.6 Å². The lowest BCUT2D eigenvalue weighted by Gasteiger charge is -2.16. The third kappa shape index (κ3) is 5.23. The fourth-order valence-corrected chi connectivity index (χ4v) is 3.27. The molecule has 0 radical (unpaired) electrons. The van der Waals surface area contributed by atoms with Gasteiger partial charge in [-0.15, -0.1) is 0 Å². The monoisotopic (exact) mass is 396 g/mol. The number of hydrogen-bond donors (Lipinski definition) is 1. The van der Waals surface area contributed by atoms with Gasteiger partial charge in [-0.05, 0) is 30.2 Å². The van der Waals surface area contributed by atoms with Gasteiger partial charge >= 0.3 is 0 Å². The zero-order valence-electron chi connectivity index (χ0n) is 14.8. The molecule has 0 bridgehead atoms. The molecule has 0 spiro atoms. The van der Waals surface area contributed by atoms with Gasteiger partial charge in [0, 0.05) is 31.0 Å². The Bertz CT molecular complexity index is 853. The molecule has 2 aromatic rings. The van der Waals surface area contributed by atoms with Crippen LogP contribution in [0, 0.1) is 5.92 Å². The van der Waals surface area contributed by atoms with E-state index in [2.05, 4.69) is 15.3 Å². The highest BCUT2D eigenvalue weighted by molar-refractivity contribution is 7.89. The van der Waals surface area contributed by atoms with Crippen molar-refractivity contribution in [1.29, 1.82) is 0 Å². The van der Waals surface area contributed by atoms with Crippen LogP contribution < -0.4 is 5.32 Å². The zero-order chi connectivity index (χ0) is 19.3. The molecular weight excluding hydrogens is 376 g/mol. The van der Waals surface area contributed by atoms with Gasteiger partial charge < -0.3 is 5.32 Å². The molecule has 0 aliphatic heterocycles. The Morgan fingerprint density at radius 3 is 2.31 bits per heavy atom. The summed E-state index contributed by atoms with van der Waals surface area (Å²) in [7, 11) is -2.24. The van der Waals surface area contributed by atoms with Crippen molar-refractivity contribution in [2.75, 3.05) is 13.6 Å². The molecule has 0 saturated carbocycles. The van der Waals surface area contributed by atoms with Crippen LogP contribution in [0.1, 0.15) is 30.0 Å². The molecule has 1 heterocycles. The molecule has 0 fully saturated rings. The van der Waals surface area contributed by atoms with E-state index in [0.29, 0.717) is 28.9 Å². The van der Waals surface area contributed by atoms with Crippen molar-refractivity contribution in [3.8, 4) is 0 Å². The molecule has 0 unspecified atom stereocenters. The first kappa shape index (κ1) is 20.3. The van der Waals surface area contributed by atoms with Crippen LogP contribution in [0.15, 0.2) is 41.6 Å². The second-order valence-electron chi connectivity index (χ2n) is 6.21. The van der Waals surface area contributed by atoms with E-state index in [1.54, 1.807) is 0 Å². The SMILES string of the molecule is CC(C)CNC(=O)c1cnc(CN(C)S(=O)(=O)c2ccc(Cl)cc2)nc1. The van der Waals surface area contributed by atoms with Crippen LogP contribution in [-0.2, 0) is 16.6 Å². The van der Waals surface area contributed by atoms with Crippen molar-refractivity contribution in [3.05, 3.63) is 53.1 Å². The number of rotatable bonds is 7. The standard InChI is InChI=1S/C17H21ClN4O3S/c1-12(2)8-21-17(23)13-9-19-16(20-10-13)11-22(3)26(24,25)15-6-4-14(18)5-7-15/h4-7,9-10,12H,8,11H2,1-3H3,(H,21,23). The maximum atomic E-state index is 12.5. The number of nitrogens with zero attached hydrogens (tertiary/aromatic N) is 3. The first-order chi connectivity index (χ1) is 12.2. The van der Waals surface area contributed by atoms with Crippen LogP contribution in [0.3, 0.4) is 0 Å². The number of carbonyl (C=O) groups is 1. The van der Waals surface area contributed by atoms with Crippen molar-refractivity contribution in [2.24, 2.45) is 5.92 Å². The number of nitrogens with one attached hydrogen (secondary N) is 1. The fourth-order valence-electron chi connectivity index (χ4n) is 2.02. The number of aromatic nitrogens is 2. The third-order valence-corrected chi connectivity index (χ3v) is 5.59. The van der Waals surface area contributed by atoms with Gasteiger partial charge in [0.05, 0.1) is 17.0 Å². The van der Waals surface area contributed by atoms with Crippen molar-refractivity contribution in [3.63, 3.8) is 0 Å². The van der Waals surface area contributed by atoms with Gasteiger partial charge in [-0.2, -0.15) is 4.31 Å². The number of carbonyl (C=O) groups excluding carboxylic acids is 1. The Kier molecular flexibility index (Phi) is 6.69. The summed E-state index contributed by atoms with van der Waals surface area (Å²) >= 11 is 5.79. The Hall–Kier alpha value is -2.03. The molecule has 9 heteroatoms. The number of benzene rings is 1. The van der Waals surface area contributed by atoms with E-state index in [1.807, 2.05) is 13.8 Å². The molecule has 0 aliphatic rings. The fraction of sp³-hybridized carbons (Fsp3) is 0.353. The predicted octanol–water partition coefficient (Wildman–Crippen LogP) is 2.34. The lowest BCUT2D eigenvalue weighted by atomic mass is 10.2. The summed E-state index contributed by atoms with van der Waals surface area (Å²) < 4.78 is 26.2. The molecule has 1 aromatic carbocycles. The quantitative estimate of drug-likeness (QED) is 0.775. The Morgan fingerprint density at radius 2 is 1.77 bits per heavy atom. The minimum atomic E-state index is -3.68. The van der Waals surface area contributed by atoms with Crippen LogP contribution in [-0.4, -0.2) is 42.2 Å². The van der Waals surface area contributed by atoms with Gasteiger partial charge in [0.2, 0.25) is 10.0 Å². The maximum Gasteiger partial charge on any atom is 0.254 e. The molecule has 2 rings (SSSR count). The molecule has 7 nitrogen and oxygen atoms in total. The topological polar surface area (TPSA) is 92.3 Å². The molecular formula is C17H21ClN4O3S. The zero-order valence-corrected chi connectivity index (χ0v) is 16.4. The summed E-state index contributed by atoms with van der Waals surface area (Å²) in [6.07, 6.45) is 2.78. The predicted molar refractivity (Wildman–Crippen MR) is 99.3 cm³/mol. The molecule has 0 atom stereocenters. The molecule has 26 heavy (non-hydrogen) atoms. The Labute approximate surface area is 158 Å². The Balaban J connectivity index is 2.06. The first-order valence-electron chi connectivity index (χ1n) is 8.01. The second-order valence-corrected chi connectivity index (χ2v) is 8.69. The highest BCUT2D eigenvalue weighted by atomic mass is 35.5. The van der Waals surface area contributed by atoms with Gasteiger partial charge in [0.25, 0.3) is 5.91 Å². The number of amides is 1. The summed E-state index contributed by atoms with van der Waals surface area (Å²) in [6.45, 7) is 4.54. The third-order valence-electron chi connectivity index (χ3n) is 3.52. The molecule has 0 saturated heterocycles. The highest BCUT2D eigenvalue weighted by Crippen LogP contribution is 2.18. The molecule has 1 N–H and O–H groups in total. The van der Waals surface area contributed by atoms with Crippen LogP contribution in [0.4, 0.5) is 0 Å². The van der Waals surface area contributed by atoms with Crippen molar-refractivity contribution >= 4 is 27.5 Å². The minimum Gasteiger partial charge on any atom is -0.352 e. The van der Waals surface area contributed by atoms with Crippen LogP contribution >= 0.6 is 11.6 Å². The summed E-state index contributed by atoms with van der Waals surface area (Å²) in [5.41, 5.74) is 0.331. The van der Waals surface area contributed by atoms with Crippen LogP contribution in [0.5, 0.6) is 0 Å². The van der Waals surface area contributed by atoms with Gasteiger partial charge in [-0.1, -0.05) is 25.4 Å². The smallest absolute Gasteiger partial charge is 0.254 e. The van der Waals surface area contributed by atoms with E-state index in [1.165, 1.54) is 43.7 Å². The largest absolute Gasteiger partial charge is 0.352 e. The van der Waals surface area contributed by atoms with Gasteiger partial charge in [0.1, 0.15) is 5.82 Å². The van der Waals surface area contributed by atoms with E-state index in [-0.39, 0.29) is 17.3 Å². The lowest BCUT2D eigenvalue weighted by molar-refractivity contribution is 0.0948. The van der Waals surface area contributed by atoms with Crippen molar-refractivity contribution < 1.29 is 13.2 Å². The Morgan fingerprint density at radius 1 is 1.19 bits per heavy atom. The average Bonchev–Trinajstić information content (AvgIpc) is 2.60. The van der Waals surface area contributed by atoms with Crippen LogP contribution in [0.2, 0.25) is 5.02 Å². The summed E-state index contributed by atoms with van der Waals surface area (Å²) in [5, 5.41) is 3.23. The molecule has 140 valence electrons. The minimum absolute atomic E-state index is 0.0150.